The van der Waals surface area contributed by atoms with E-state index < -0.39 is 97.6 Å². The van der Waals surface area contributed by atoms with Crippen LogP contribution in [0.5, 0.6) is 0 Å². The molecule has 0 radical (unpaired) electrons. The Morgan fingerprint density at radius 2 is 0.690 bits per heavy atom. The van der Waals surface area contributed by atoms with Crippen molar-refractivity contribution in [3.05, 3.63) is 35.4 Å². The van der Waals surface area contributed by atoms with Gasteiger partial charge in [0.1, 0.15) is 44.4 Å². The summed E-state index contributed by atoms with van der Waals surface area (Å²) in [6.45, 7) is 24.4. The molecule has 0 fully saturated rings. The average Bonchev–Trinajstić information content (AvgIpc) is 3.31. The number of carbonyl (C=O) groups is 9. The standard InChI is InChI=1S/C40H61N7O11/c1-33(2,3)58-57-32(56)39(14,15)45-30(54)37(10,11)43-28(52)35(6,7)41-26(50)34(4,5)42-27(51)36(8,9)44-29(53)38(12,13)46-31(55)40(16,17)47-24(48)22-20-18-19-21-23(22)25(47)49/h18-21H,1-17H3,(H,41,50)(H,42,51)(H,43,52)(H,44,53)(H,45,54)(H,46,55). The minimum Gasteiger partial charge on any atom is -0.340 e. The summed E-state index contributed by atoms with van der Waals surface area (Å²) < 4.78 is 0. The predicted molar refractivity (Wildman–Crippen MR) is 211 cm³/mol. The number of fused-ring (bicyclic) bond motifs is 1. The molecule has 1 heterocycles. The zero-order chi connectivity index (χ0) is 45.4. The Bertz CT molecular complexity index is 1850. The highest BCUT2D eigenvalue weighted by molar-refractivity contribution is 6.23. The van der Waals surface area contributed by atoms with Gasteiger partial charge in [0.2, 0.25) is 35.4 Å². The van der Waals surface area contributed by atoms with Crippen LogP contribution in [0.1, 0.15) is 138 Å². The molecule has 0 saturated heterocycles. The molecule has 322 valence electrons. The highest BCUT2D eigenvalue weighted by Crippen LogP contribution is 2.30. The van der Waals surface area contributed by atoms with Crippen LogP contribution < -0.4 is 31.9 Å². The number of rotatable bonds is 15. The smallest absolute Gasteiger partial charge is 0.340 e. The fourth-order valence-electron chi connectivity index (χ4n) is 5.04. The van der Waals surface area contributed by atoms with Gasteiger partial charge in [-0.25, -0.2) is 4.79 Å². The van der Waals surface area contributed by atoms with E-state index in [1.165, 1.54) is 109 Å². The van der Waals surface area contributed by atoms with Gasteiger partial charge in [-0.2, -0.15) is 4.89 Å². The molecule has 18 heteroatoms. The second kappa shape index (κ2) is 16.1. The molecule has 1 aromatic rings. The molecule has 0 atom stereocenters. The van der Waals surface area contributed by atoms with Crippen molar-refractivity contribution >= 4 is 53.2 Å². The van der Waals surface area contributed by atoms with Gasteiger partial charge in [0, 0.05) is 0 Å². The number of hydrogen-bond acceptors (Lipinski definition) is 11. The third kappa shape index (κ3) is 11.2. The van der Waals surface area contributed by atoms with Crippen molar-refractivity contribution in [2.24, 2.45) is 0 Å². The Kier molecular flexibility index (Phi) is 13.5. The Morgan fingerprint density at radius 3 is 0.966 bits per heavy atom. The molecule has 0 aromatic heterocycles. The summed E-state index contributed by atoms with van der Waals surface area (Å²) in [5, 5.41) is 15.4. The molecular formula is C40H61N7O11. The number of amides is 8. The molecule has 8 amide bonds. The molecular weight excluding hydrogens is 754 g/mol. The maximum Gasteiger partial charge on any atom is 0.366 e. The Morgan fingerprint density at radius 1 is 0.431 bits per heavy atom. The van der Waals surface area contributed by atoms with E-state index in [4.69, 9.17) is 9.78 Å². The third-order valence-electron chi connectivity index (χ3n) is 9.18. The van der Waals surface area contributed by atoms with Crippen LogP contribution in [-0.4, -0.2) is 103 Å². The maximum atomic E-state index is 13.6. The number of hydrogen-bond donors (Lipinski definition) is 6. The molecule has 1 aromatic carbocycles. The average molecular weight is 816 g/mol. The lowest BCUT2D eigenvalue weighted by Gasteiger charge is -2.38. The zero-order valence-corrected chi connectivity index (χ0v) is 36.7. The van der Waals surface area contributed by atoms with E-state index >= 15 is 0 Å². The van der Waals surface area contributed by atoms with Crippen molar-refractivity contribution in [2.75, 3.05) is 0 Å². The van der Waals surface area contributed by atoms with E-state index in [9.17, 15) is 43.2 Å². The van der Waals surface area contributed by atoms with Crippen LogP contribution in [0, 0.1) is 0 Å². The molecule has 2 rings (SSSR count). The first kappa shape index (κ1) is 48.8. The summed E-state index contributed by atoms with van der Waals surface area (Å²) in [6, 6.07) is 6.17. The Balaban J connectivity index is 2.08. The topological polar surface area (TPSA) is 248 Å². The van der Waals surface area contributed by atoms with Crippen molar-refractivity contribution in [1.29, 1.82) is 0 Å². The molecule has 0 saturated carbocycles. The van der Waals surface area contributed by atoms with Crippen LogP contribution in [0.25, 0.3) is 0 Å². The molecule has 6 N–H and O–H groups in total. The van der Waals surface area contributed by atoms with E-state index in [0.29, 0.717) is 0 Å². The summed E-state index contributed by atoms with van der Waals surface area (Å²) in [4.78, 5) is 130. The van der Waals surface area contributed by atoms with Gasteiger partial charge >= 0.3 is 5.97 Å². The number of nitrogens with one attached hydrogen (secondary N) is 6. The van der Waals surface area contributed by atoms with Crippen LogP contribution in [0.4, 0.5) is 0 Å². The van der Waals surface area contributed by atoms with Crippen molar-refractivity contribution in [3.63, 3.8) is 0 Å². The second-order valence-corrected chi connectivity index (χ2v) is 19.1. The van der Waals surface area contributed by atoms with Gasteiger partial charge in [-0.3, -0.25) is 48.1 Å². The lowest BCUT2D eigenvalue weighted by Crippen LogP contribution is -2.69. The number of benzene rings is 1. The number of nitrogens with zero attached hydrogens (tertiary/aromatic N) is 1. The van der Waals surface area contributed by atoms with Crippen LogP contribution >= 0.6 is 0 Å². The normalized spacial score (nSPS) is 14.2. The molecule has 0 bridgehead atoms. The zero-order valence-electron chi connectivity index (χ0n) is 36.7. The van der Waals surface area contributed by atoms with Gasteiger partial charge in [-0.15, -0.1) is 0 Å². The molecule has 18 nitrogen and oxygen atoms in total. The number of carbonyl (C=O) groups excluding carboxylic acids is 9. The van der Waals surface area contributed by atoms with E-state index in [1.54, 1.807) is 32.9 Å². The Hall–Kier alpha value is -5.39. The molecule has 1 aliphatic rings. The lowest BCUT2D eigenvalue weighted by molar-refractivity contribution is -0.323. The minimum absolute atomic E-state index is 0.152. The first-order valence-electron chi connectivity index (χ1n) is 18.7. The fraction of sp³-hybridized carbons (Fsp3) is 0.625. The van der Waals surface area contributed by atoms with E-state index in [1.807, 2.05) is 0 Å². The number of imide groups is 1. The van der Waals surface area contributed by atoms with Gasteiger partial charge < -0.3 is 31.9 Å². The van der Waals surface area contributed by atoms with Crippen LogP contribution in [-0.2, 0) is 43.3 Å². The van der Waals surface area contributed by atoms with Crippen molar-refractivity contribution in [2.45, 2.75) is 162 Å². The quantitative estimate of drug-likeness (QED) is 0.0845. The second-order valence-electron chi connectivity index (χ2n) is 19.1. The SMILES string of the molecule is CC(C)(C)OOC(=O)C(C)(C)NC(=O)C(C)(C)NC(=O)C(C)(C)NC(=O)C(C)(C)NC(=O)C(C)(C)NC(=O)C(C)(C)NC(=O)C(C)(C)N1C(=O)c2ccccc2C1=O. The van der Waals surface area contributed by atoms with Gasteiger partial charge in [0.25, 0.3) is 11.8 Å². The third-order valence-corrected chi connectivity index (χ3v) is 9.18. The molecule has 58 heavy (non-hydrogen) atoms. The van der Waals surface area contributed by atoms with Gasteiger partial charge in [0.15, 0.2) is 0 Å². The first-order valence-corrected chi connectivity index (χ1v) is 18.7. The molecule has 0 aliphatic carbocycles. The largest absolute Gasteiger partial charge is 0.366 e. The van der Waals surface area contributed by atoms with E-state index in [0.717, 1.165) is 4.90 Å². The predicted octanol–water partition coefficient (Wildman–Crippen LogP) is 1.70. The first-order chi connectivity index (χ1) is 25.8. The van der Waals surface area contributed by atoms with Crippen molar-refractivity contribution in [3.8, 4) is 0 Å². The lowest BCUT2D eigenvalue weighted by atomic mass is 9.93. The van der Waals surface area contributed by atoms with Crippen LogP contribution in [0.15, 0.2) is 24.3 Å². The fourth-order valence-corrected chi connectivity index (χ4v) is 5.04. The van der Waals surface area contributed by atoms with Crippen molar-refractivity contribution < 1.29 is 52.9 Å². The summed E-state index contributed by atoms with van der Waals surface area (Å²) in [6.07, 6.45) is 0. The maximum absolute atomic E-state index is 13.6. The van der Waals surface area contributed by atoms with Gasteiger partial charge in [0.05, 0.1) is 11.1 Å². The van der Waals surface area contributed by atoms with E-state index in [2.05, 4.69) is 31.9 Å². The van der Waals surface area contributed by atoms with E-state index in [-0.39, 0.29) is 11.1 Å². The van der Waals surface area contributed by atoms with Crippen LogP contribution in [0.2, 0.25) is 0 Å². The summed E-state index contributed by atoms with van der Waals surface area (Å²) in [5.74, 6) is -6.92. The molecule has 0 unspecified atom stereocenters. The minimum atomic E-state index is -1.71. The summed E-state index contributed by atoms with van der Waals surface area (Å²) in [7, 11) is 0. The van der Waals surface area contributed by atoms with Crippen molar-refractivity contribution in [1.82, 2.24) is 36.8 Å². The van der Waals surface area contributed by atoms with Gasteiger partial charge in [-0.1, -0.05) is 12.1 Å². The van der Waals surface area contributed by atoms with Gasteiger partial charge in [-0.05, 0) is 130 Å². The highest BCUT2D eigenvalue weighted by Gasteiger charge is 2.50. The monoisotopic (exact) mass is 815 g/mol. The summed E-state index contributed by atoms with van der Waals surface area (Å²) in [5.41, 5.74) is -12.0. The molecule has 0 spiro atoms. The highest BCUT2D eigenvalue weighted by atomic mass is 17.2. The Labute approximate surface area is 340 Å². The molecule has 1 aliphatic heterocycles. The van der Waals surface area contributed by atoms with Crippen LogP contribution in [0.3, 0.4) is 0 Å². The summed E-state index contributed by atoms with van der Waals surface area (Å²) >= 11 is 0.